The van der Waals surface area contributed by atoms with Crippen LogP contribution in [0.2, 0.25) is 0 Å². The van der Waals surface area contributed by atoms with E-state index in [1.807, 2.05) is 6.92 Å². The van der Waals surface area contributed by atoms with E-state index >= 15 is 0 Å². The molecule has 3 aromatic rings. The van der Waals surface area contributed by atoms with Crippen LogP contribution in [-0.4, -0.2) is 32.2 Å². The Labute approximate surface area is 172 Å². The summed E-state index contributed by atoms with van der Waals surface area (Å²) >= 11 is 0. The number of carbonyl (C=O) groups excluding carboxylic acids is 2. The molecule has 1 aromatic heterocycles. The Hall–Kier alpha value is -3.81. The molecule has 2 aromatic carbocycles. The zero-order chi connectivity index (χ0) is 21.8. The summed E-state index contributed by atoms with van der Waals surface area (Å²) in [6, 6.07) is 10.9. The molecular formula is C22H21NO7. The van der Waals surface area contributed by atoms with Gasteiger partial charge in [0, 0.05) is 17.8 Å². The van der Waals surface area contributed by atoms with Crippen LogP contribution in [0.25, 0.3) is 11.0 Å². The molecular weight excluding hydrogens is 390 g/mol. The first-order valence-electron chi connectivity index (χ1n) is 9.10. The molecule has 0 spiro atoms. The molecule has 0 saturated carbocycles. The Morgan fingerprint density at radius 2 is 1.73 bits per heavy atom. The lowest BCUT2D eigenvalue weighted by Crippen LogP contribution is -2.30. The summed E-state index contributed by atoms with van der Waals surface area (Å²) in [7, 11) is 2.98. The highest BCUT2D eigenvalue weighted by atomic mass is 16.6. The summed E-state index contributed by atoms with van der Waals surface area (Å²) < 4.78 is 21.0. The molecule has 1 atom stereocenters. The number of aryl methyl sites for hydroxylation is 1. The van der Waals surface area contributed by atoms with Crippen molar-refractivity contribution in [3.05, 3.63) is 64.0 Å². The zero-order valence-electron chi connectivity index (χ0n) is 17.0. The van der Waals surface area contributed by atoms with Crippen molar-refractivity contribution in [2.75, 3.05) is 19.5 Å². The van der Waals surface area contributed by atoms with Gasteiger partial charge in [-0.15, -0.1) is 0 Å². The minimum Gasteiger partial charge on any atom is -0.493 e. The van der Waals surface area contributed by atoms with E-state index in [0.717, 1.165) is 11.6 Å². The second-order valence-corrected chi connectivity index (χ2v) is 6.58. The van der Waals surface area contributed by atoms with Gasteiger partial charge in [-0.1, -0.05) is 11.6 Å². The number of amides is 1. The molecule has 0 aliphatic heterocycles. The Morgan fingerprint density at radius 3 is 2.43 bits per heavy atom. The average molecular weight is 411 g/mol. The van der Waals surface area contributed by atoms with Gasteiger partial charge in [0.05, 0.1) is 19.6 Å². The molecule has 0 saturated heterocycles. The van der Waals surface area contributed by atoms with E-state index in [1.165, 1.54) is 21.1 Å². The van der Waals surface area contributed by atoms with E-state index in [4.69, 9.17) is 18.6 Å². The van der Waals surface area contributed by atoms with Crippen molar-refractivity contribution >= 4 is 28.5 Å². The van der Waals surface area contributed by atoms with E-state index in [2.05, 4.69) is 5.32 Å². The molecule has 3 rings (SSSR count). The third kappa shape index (κ3) is 4.43. The molecule has 156 valence electrons. The number of hydrogen-bond acceptors (Lipinski definition) is 7. The first-order valence-corrected chi connectivity index (χ1v) is 9.10. The molecule has 1 N–H and O–H groups in total. The highest BCUT2D eigenvalue weighted by Crippen LogP contribution is 2.29. The van der Waals surface area contributed by atoms with Gasteiger partial charge in [-0.25, -0.2) is 4.79 Å². The summed E-state index contributed by atoms with van der Waals surface area (Å²) in [6.07, 6.45) is -1.13. The topological polar surface area (TPSA) is 104 Å². The van der Waals surface area contributed by atoms with Crippen LogP contribution < -0.4 is 20.2 Å². The number of anilines is 1. The van der Waals surface area contributed by atoms with Gasteiger partial charge in [-0.2, -0.15) is 0 Å². The van der Waals surface area contributed by atoms with Crippen molar-refractivity contribution in [3.8, 4) is 11.5 Å². The smallest absolute Gasteiger partial charge is 0.375 e. The molecule has 0 radical (unpaired) electrons. The first-order chi connectivity index (χ1) is 14.3. The minimum absolute atomic E-state index is 0.266. The van der Waals surface area contributed by atoms with Crippen LogP contribution in [0, 0.1) is 6.92 Å². The van der Waals surface area contributed by atoms with Gasteiger partial charge >= 0.3 is 5.97 Å². The first kappa shape index (κ1) is 20.9. The highest BCUT2D eigenvalue weighted by molar-refractivity contribution is 5.97. The van der Waals surface area contributed by atoms with Gasteiger partial charge in [0.1, 0.15) is 5.58 Å². The van der Waals surface area contributed by atoms with Crippen LogP contribution in [0.3, 0.4) is 0 Å². The third-order valence-electron chi connectivity index (χ3n) is 4.39. The number of esters is 1. The molecule has 0 unspecified atom stereocenters. The Kier molecular flexibility index (Phi) is 6.06. The van der Waals surface area contributed by atoms with Gasteiger partial charge < -0.3 is 23.9 Å². The maximum Gasteiger partial charge on any atom is 0.375 e. The lowest BCUT2D eigenvalue weighted by molar-refractivity contribution is -0.123. The molecule has 8 nitrogen and oxygen atoms in total. The number of fused-ring (bicyclic) bond motifs is 1. The van der Waals surface area contributed by atoms with Gasteiger partial charge in [-0.05, 0) is 38.1 Å². The third-order valence-corrected chi connectivity index (χ3v) is 4.39. The highest BCUT2D eigenvalue weighted by Gasteiger charge is 2.22. The van der Waals surface area contributed by atoms with Gasteiger partial charge in [0.25, 0.3) is 5.91 Å². The Morgan fingerprint density at radius 1 is 1.00 bits per heavy atom. The lowest BCUT2D eigenvalue weighted by atomic mass is 10.1. The van der Waals surface area contributed by atoms with E-state index in [1.54, 1.807) is 36.4 Å². The predicted molar refractivity (Wildman–Crippen MR) is 110 cm³/mol. The zero-order valence-corrected chi connectivity index (χ0v) is 17.0. The molecule has 30 heavy (non-hydrogen) atoms. The van der Waals surface area contributed by atoms with Crippen molar-refractivity contribution in [3.63, 3.8) is 0 Å². The van der Waals surface area contributed by atoms with Gasteiger partial charge in [-0.3, -0.25) is 9.59 Å². The number of methoxy groups -OCH3 is 2. The standard InChI is InChI=1S/C22H21NO7/c1-12-5-7-17-15(9-12)16(24)11-20(30-17)22(26)29-13(2)21(25)23-14-6-8-18(27-3)19(10-14)28-4/h5-11,13H,1-4H3,(H,23,25)/t13-/m1/s1. The molecule has 0 bridgehead atoms. The molecule has 1 amide bonds. The fraction of sp³-hybridized carbons (Fsp3) is 0.227. The summed E-state index contributed by atoms with van der Waals surface area (Å²) in [5.74, 6) is -0.800. The van der Waals surface area contributed by atoms with E-state index in [9.17, 15) is 14.4 Å². The van der Waals surface area contributed by atoms with Crippen molar-refractivity contribution in [2.24, 2.45) is 0 Å². The van der Waals surface area contributed by atoms with Crippen LogP contribution in [0.5, 0.6) is 11.5 Å². The quantitative estimate of drug-likeness (QED) is 0.621. The summed E-state index contributed by atoms with van der Waals surface area (Å²) in [5, 5.41) is 2.99. The van der Waals surface area contributed by atoms with Crippen LogP contribution in [0.4, 0.5) is 5.69 Å². The average Bonchev–Trinajstić information content (AvgIpc) is 2.73. The number of nitrogens with one attached hydrogen (secondary N) is 1. The van der Waals surface area contributed by atoms with Crippen molar-refractivity contribution < 1.29 is 28.2 Å². The van der Waals surface area contributed by atoms with Crippen molar-refractivity contribution in [2.45, 2.75) is 20.0 Å². The fourth-order valence-electron chi connectivity index (χ4n) is 2.80. The van der Waals surface area contributed by atoms with Crippen LogP contribution >= 0.6 is 0 Å². The lowest BCUT2D eigenvalue weighted by Gasteiger charge is -2.14. The summed E-state index contributed by atoms with van der Waals surface area (Å²) in [5.41, 5.74) is 1.23. The molecule has 8 heteroatoms. The van der Waals surface area contributed by atoms with Crippen molar-refractivity contribution in [1.82, 2.24) is 0 Å². The van der Waals surface area contributed by atoms with E-state index in [0.29, 0.717) is 22.6 Å². The van der Waals surface area contributed by atoms with Crippen LogP contribution in [-0.2, 0) is 9.53 Å². The number of carbonyl (C=O) groups is 2. The van der Waals surface area contributed by atoms with Gasteiger partial charge in [0.2, 0.25) is 5.76 Å². The van der Waals surface area contributed by atoms with E-state index < -0.39 is 18.0 Å². The monoisotopic (exact) mass is 411 g/mol. The predicted octanol–water partition coefficient (Wildman–Crippen LogP) is 3.30. The second kappa shape index (κ2) is 8.69. The number of hydrogen-bond donors (Lipinski definition) is 1. The maximum absolute atomic E-state index is 12.4. The Bertz CT molecular complexity index is 1170. The van der Waals surface area contributed by atoms with Crippen molar-refractivity contribution in [1.29, 1.82) is 0 Å². The van der Waals surface area contributed by atoms with Gasteiger partial charge in [0.15, 0.2) is 23.0 Å². The second-order valence-electron chi connectivity index (χ2n) is 6.58. The molecule has 0 aliphatic carbocycles. The molecule has 1 heterocycles. The summed E-state index contributed by atoms with van der Waals surface area (Å²) in [6.45, 7) is 3.26. The SMILES string of the molecule is COc1ccc(NC(=O)[C@@H](C)OC(=O)c2cc(=O)c3cc(C)ccc3o2)cc1OC. The number of benzene rings is 2. The van der Waals surface area contributed by atoms with Crippen LogP contribution in [0.1, 0.15) is 23.0 Å². The summed E-state index contributed by atoms with van der Waals surface area (Å²) in [4.78, 5) is 37.0. The largest absolute Gasteiger partial charge is 0.493 e. The van der Waals surface area contributed by atoms with E-state index in [-0.39, 0.29) is 16.8 Å². The Balaban J connectivity index is 1.72. The fourth-order valence-corrected chi connectivity index (χ4v) is 2.80. The normalized spacial score (nSPS) is 11.6. The molecule has 0 aliphatic rings. The maximum atomic E-state index is 12.4. The minimum atomic E-state index is -1.13. The van der Waals surface area contributed by atoms with Crippen LogP contribution in [0.15, 0.2) is 51.7 Å². The number of rotatable bonds is 6. The molecule has 0 fully saturated rings. The number of ether oxygens (including phenoxy) is 3.